The summed E-state index contributed by atoms with van der Waals surface area (Å²) < 4.78 is 34.6. The van der Waals surface area contributed by atoms with Crippen LogP contribution in [0.4, 0.5) is 10.1 Å². The van der Waals surface area contributed by atoms with Crippen molar-refractivity contribution in [1.82, 2.24) is 20.1 Å². The Morgan fingerprint density at radius 1 is 1.07 bits per heavy atom. The first-order chi connectivity index (χ1) is 19.6. The maximum atomic E-state index is 15.1. The number of methoxy groups -OCH3 is 1. The Kier molecular flexibility index (Phi) is 8.12. The lowest BCUT2D eigenvalue weighted by Crippen LogP contribution is -2.30. The number of hydrogen-bond acceptors (Lipinski definition) is 7. The molecule has 1 amide bonds. The lowest BCUT2D eigenvalue weighted by molar-refractivity contribution is 0.102. The van der Waals surface area contributed by atoms with Gasteiger partial charge < -0.3 is 24.8 Å². The van der Waals surface area contributed by atoms with Crippen LogP contribution in [0.15, 0.2) is 48.7 Å². The summed E-state index contributed by atoms with van der Waals surface area (Å²) >= 11 is 0. The third-order valence-electron chi connectivity index (χ3n) is 7.09. The first-order valence-electron chi connectivity index (χ1n) is 13.8. The molecule has 41 heavy (non-hydrogen) atoms. The first kappa shape index (κ1) is 28.4. The van der Waals surface area contributed by atoms with Crippen LogP contribution in [0, 0.1) is 18.7 Å². The van der Waals surface area contributed by atoms with E-state index in [4.69, 9.17) is 14.2 Å². The topological polar surface area (TPSA) is 99.5 Å². The van der Waals surface area contributed by atoms with E-state index in [1.807, 2.05) is 33.8 Å². The Balaban J connectivity index is 1.32. The van der Waals surface area contributed by atoms with Crippen molar-refractivity contribution < 1.29 is 23.4 Å². The third-order valence-corrected chi connectivity index (χ3v) is 7.09. The monoisotopic (exact) mass is 561 g/mol. The van der Waals surface area contributed by atoms with Crippen LogP contribution >= 0.6 is 0 Å². The molecule has 1 aliphatic heterocycles. The minimum atomic E-state index is -0.627. The van der Waals surface area contributed by atoms with Gasteiger partial charge in [0, 0.05) is 35.1 Å². The normalized spacial score (nSPS) is 14.2. The van der Waals surface area contributed by atoms with Crippen molar-refractivity contribution in [2.24, 2.45) is 5.92 Å². The molecule has 10 heteroatoms. The number of carbonyl (C=O) groups is 1. The Bertz CT molecular complexity index is 1560. The number of carbonyl (C=O) groups excluding carboxylic acids is 1. The number of anilines is 1. The molecule has 3 heterocycles. The van der Waals surface area contributed by atoms with Crippen LogP contribution in [0.5, 0.6) is 23.0 Å². The number of hydrogen-bond donors (Lipinski definition) is 2. The Morgan fingerprint density at radius 2 is 1.85 bits per heavy atom. The zero-order chi connectivity index (χ0) is 29.1. The second-order valence-electron chi connectivity index (χ2n) is 11.3. The van der Waals surface area contributed by atoms with Gasteiger partial charge in [0.15, 0.2) is 28.8 Å². The molecular weight excluding hydrogens is 525 g/mol. The predicted molar refractivity (Wildman–Crippen MR) is 156 cm³/mol. The fraction of sp³-hybridized carbons (Fsp3) is 0.387. The van der Waals surface area contributed by atoms with Crippen molar-refractivity contribution in [3.05, 3.63) is 65.9 Å². The summed E-state index contributed by atoms with van der Waals surface area (Å²) in [4.78, 5) is 17.3. The maximum Gasteiger partial charge on any atom is 0.276 e. The fourth-order valence-electron chi connectivity index (χ4n) is 4.99. The molecule has 5 rings (SSSR count). The van der Waals surface area contributed by atoms with Crippen LogP contribution in [0.25, 0.3) is 10.9 Å². The first-order valence-corrected chi connectivity index (χ1v) is 13.8. The summed E-state index contributed by atoms with van der Waals surface area (Å²) in [7, 11) is 1.58. The van der Waals surface area contributed by atoms with E-state index < -0.39 is 11.7 Å². The van der Waals surface area contributed by atoms with Crippen molar-refractivity contribution in [3.8, 4) is 23.0 Å². The fourth-order valence-corrected chi connectivity index (χ4v) is 4.99. The number of benzene rings is 2. The number of nitrogens with zero attached hydrogens (tertiary/aromatic N) is 3. The Morgan fingerprint density at radius 3 is 2.54 bits per heavy atom. The van der Waals surface area contributed by atoms with Crippen LogP contribution in [0.3, 0.4) is 0 Å². The van der Waals surface area contributed by atoms with Gasteiger partial charge in [-0.15, -0.1) is 0 Å². The summed E-state index contributed by atoms with van der Waals surface area (Å²) in [6, 6.07) is 11.3. The van der Waals surface area contributed by atoms with Crippen molar-refractivity contribution in [3.63, 3.8) is 0 Å². The summed E-state index contributed by atoms with van der Waals surface area (Å²) in [5.41, 5.74) is 1.78. The molecule has 216 valence electrons. The van der Waals surface area contributed by atoms with E-state index in [0.29, 0.717) is 46.4 Å². The van der Waals surface area contributed by atoms with Crippen LogP contribution in [0.1, 0.15) is 49.8 Å². The van der Waals surface area contributed by atoms with Gasteiger partial charge in [0.2, 0.25) is 0 Å². The van der Waals surface area contributed by atoms with E-state index in [1.165, 1.54) is 12.1 Å². The summed E-state index contributed by atoms with van der Waals surface area (Å²) in [6.07, 6.45) is 3.74. The number of fused-ring (bicyclic) bond motifs is 1. The van der Waals surface area contributed by atoms with Gasteiger partial charge in [-0.25, -0.2) is 4.39 Å². The van der Waals surface area contributed by atoms with Gasteiger partial charge in [-0.2, -0.15) is 5.10 Å². The summed E-state index contributed by atoms with van der Waals surface area (Å²) in [5, 5.41) is 11.1. The molecule has 2 aromatic carbocycles. The highest BCUT2D eigenvalue weighted by Gasteiger charge is 2.21. The van der Waals surface area contributed by atoms with Gasteiger partial charge in [0.1, 0.15) is 5.75 Å². The number of pyridine rings is 1. The zero-order valence-corrected chi connectivity index (χ0v) is 24.1. The molecule has 0 radical (unpaired) electrons. The SMILES string of the molecule is COc1cc2c(Oc3ccc(NC(=O)c4cc(C)n(C(C)(C)C)n4)cc3F)ccnc2cc1OCC1CCNCC1. The molecule has 4 aromatic rings. The molecule has 1 fully saturated rings. The third kappa shape index (κ3) is 6.43. The van der Waals surface area contributed by atoms with E-state index in [0.717, 1.165) is 31.6 Å². The zero-order valence-electron chi connectivity index (χ0n) is 24.1. The van der Waals surface area contributed by atoms with E-state index in [2.05, 4.69) is 20.7 Å². The number of amides is 1. The van der Waals surface area contributed by atoms with Crippen LogP contribution < -0.4 is 24.8 Å². The smallest absolute Gasteiger partial charge is 0.276 e. The number of halogens is 1. The molecule has 0 spiro atoms. The van der Waals surface area contributed by atoms with E-state index in [-0.39, 0.29) is 17.0 Å². The van der Waals surface area contributed by atoms with Gasteiger partial charge in [-0.3, -0.25) is 14.5 Å². The largest absolute Gasteiger partial charge is 0.493 e. The summed E-state index contributed by atoms with van der Waals surface area (Å²) in [6.45, 7) is 10.5. The Hall–Kier alpha value is -4.18. The molecule has 0 aliphatic carbocycles. The van der Waals surface area contributed by atoms with Gasteiger partial charge in [-0.1, -0.05) is 0 Å². The molecule has 1 aliphatic rings. The molecule has 1 saturated heterocycles. The van der Waals surface area contributed by atoms with E-state index in [1.54, 1.807) is 42.3 Å². The molecular formula is C31H36FN5O4. The Labute approximate surface area is 239 Å². The number of ether oxygens (including phenoxy) is 3. The van der Waals surface area contributed by atoms with Crippen LogP contribution in [-0.4, -0.2) is 47.5 Å². The highest BCUT2D eigenvalue weighted by molar-refractivity contribution is 6.03. The highest BCUT2D eigenvalue weighted by atomic mass is 19.1. The number of aryl methyl sites for hydroxylation is 1. The minimum absolute atomic E-state index is 0.00792. The number of rotatable bonds is 8. The van der Waals surface area contributed by atoms with E-state index >= 15 is 4.39 Å². The minimum Gasteiger partial charge on any atom is -0.493 e. The maximum absolute atomic E-state index is 15.1. The van der Waals surface area contributed by atoms with Gasteiger partial charge in [-0.05, 0) is 89.9 Å². The number of aromatic nitrogens is 3. The number of nitrogens with one attached hydrogen (secondary N) is 2. The molecule has 2 aromatic heterocycles. The van der Waals surface area contributed by atoms with Crippen LogP contribution in [-0.2, 0) is 5.54 Å². The highest BCUT2D eigenvalue weighted by Crippen LogP contribution is 2.38. The predicted octanol–water partition coefficient (Wildman–Crippen LogP) is 6.07. The molecule has 2 N–H and O–H groups in total. The van der Waals surface area contributed by atoms with Crippen molar-refractivity contribution in [1.29, 1.82) is 0 Å². The average molecular weight is 562 g/mol. The molecule has 0 atom stereocenters. The summed E-state index contributed by atoms with van der Waals surface area (Å²) in [5.74, 6) is 1.02. The van der Waals surface area contributed by atoms with Crippen molar-refractivity contribution in [2.45, 2.75) is 46.1 Å². The van der Waals surface area contributed by atoms with Crippen molar-refractivity contribution in [2.75, 3.05) is 32.1 Å². The van der Waals surface area contributed by atoms with Crippen molar-refractivity contribution >= 4 is 22.5 Å². The quantitative estimate of drug-likeness (QED) is 0.270. The molecule has 0 unspecified atom stereocenters. The van der Waals surface area contributed by atoms with Gasteiger partial charge in [0.05, 0.1) is 24.8 Å². The van der Waals surface area contributed by atoms with E-state index in [9.17, 15) is 4.79 Å². The van der Waals surface area contributed by atoms with Gasteiger partial charge in [0.25, 0.3) is 5.91 Å². The lowest BCUT2D eigenvalue weighted by atomic mass is 9.99. The molecule has 0 saturated carbocycles. The second kappa shape index (κ2) is 11.7. The molecule has 9 nitrogen and oxygen atoms in total. The second-order valence-corrected chi connectivity index (χ2v) is 11.3. The average Bonchev–Trinajstić information content (AvgIpc) is 3.36. The van der Waals surface area contributed by atoms with Gasteiger partial charge >= 0.3 is 0 Å². The number of piperidine rings is 1. The molecule has 0 bridgehead atoms. The lowest BCUT2D eigenvalue weighted by Gasteiger charge is -2.23. The standard InChI is InChI=1S/C31H36FN5O4/c1-19-14-25(36-37(19)31(2,3)4)30(38)35-21-6-7-27(23(32)15-21)41-26-10-13-34-24-17-29(28(39-5)16-22(24)26)40-18-20-8-11-33-12-9-20/h6-7,10,13-17,20,33H,8-9,11-12,18H2,1-5H3,(H,35,38). The van der Waals surface area contributed by atoms with Crippen LogP contribution in [0.2, 0.25) is 0 Å².